The lowest BCUT2D eigenvalue weighted by Gasteiger charge is -2.18. The number of halogens is 2. The first-order chi connectivity index (χ1) is 7.33. The van der Waals surface area contributed by atoms with E-state index in [1.807, 2.05) is 0 Å². The van der Waals surface area contributed by atoms with Crippen LogP contribution >= 0.6 is 24.8 Å². The fraction of sp³-hybridized carbons (Fsp3) is 0.300. The monoisotopic (exact) mass is 296 g/mol. The fourth-order valence-electron chi connectivity index (χ4n) is 1.20. The SMILES string of the molecule is C[C@](N)(Cc1ccnc(C(=O)O)c1)C(=O)O.Cl.Cl. The molecule has 0 aliphatic rings. The molecule has 0 unspecified atom stereocenters. The number of hydrogen-bond donors (Lipinski definition) is 3. The molecule has 1 aromatic heterocycles. The quantitative estimate of drug-likeness (QED) is 0.763. The predicted molar refractivity (Wildman–Crippen MR) is 69.6 cm³/mol. The average molecular weight is 297 g/mol. The van der Waals surface area contributed by atoms with Crippen molar-refractivity contribution in [3.63, 3.8) is 0 Å². The summed E-state index contributed by atoms with van der Waals surface area (Å²) in [7, 11) is 0. The summed E-state index contributed by atoms with van der Waals surface area (Å²) in [4.78, 5) is 25.1. The Bertz CT molecular complexity index is 438. The third kappa shape index (κ3) is 4.87. The summed E-state index contributed by atoms with van der Waals surface area (Å²) in [6.45, 7) is 1.37. The molecule has 0 aliphatic heterocycles. The zero-order chi connectivity index (χ0) is 12.3. The molecule has 0 fully saturated rings. The molecule has 1 heterocycles. The molecule has 0 bridgehead atoms. The largest absolute Gasteiger partial charge is 0.480 e. The Kier molecular flexibility index (Phi) is 7.54. The molecule has 0 aromatic carbocycles. The number of nitrogens with zero attached hydrogens (tertiary/aromatic N) is 1. The minimum Gasteiger partial charge on any atom is -0.480 e. The Morgan fingerprint density at radius 3 is 2.39 bits per heavy atom. The summed E-state index contributed by atoms with van der Waals surface area (Å²) >= 11 is 0. The van der Waals surface area contributed by atoms with E-state index in [9.17, 15) is 9.59 Å². The molecular formula is C10H14Cl2N2O4. The first-order valence-corrected chi connectivity index (χ1v) is 4.53. The lowest BCUT2D eigenvalue weighted by Crippen LogP contribution is -2.46. The van der Waals surface area contributed by atoms with Gasteiger partial charge in [-0.2, -0.15) is 0 Å². The maximum atomic E-state index is 10.8. The molecule has 0 saturated heterocycles. The normalized spacial score (nSPS) is 12.6. The number of aromatic nitrogens is 1. The highest BCUT2D eigenvalue weighted by Crippen LogP contribution is 2.11. The van der Waals surface area contributed by atoms with E-state index in [0.717, 1.165) is 0 Å². The molecule has 0 radical (unpaired) electrons. The molecule has 4 N–H and O–H groups in total. The zero-order valence-electron chi connectivity index (χ0n) is 9.49. The van der Waals surface area contributed by atoms with Gasteiger partial charge in [-0.1, -0.05) is 0 Å². The lowest BCUT2D eigenvalue weighted by molar-refractivity contribution is -0.142. The number of nitrogens with two attached hydrogens (primary N) is 1. The average Bonchev–Trinajstić information content (AvgIpc) is 2.17. The molecule has 0 amide bonds. The summed E-state index contributed by atoms with van der Waals surface area (Å²) in [6.07, 6.45) is 1.36. The molecule has 6 nitrogen and oxygen atoms in total. The van der Waals surface area contributed by atoms with Crippen molar-refractivity contribution < 1.29 is 19.8 Å². The first-order valence-electron chi connectivity index (χ1n) is 4.53. The summed E-state index contributed by atoms with van der Waals surface area (Å²) in [5, 5.41) is 17.5. The van der Waals surface area contributed by atoms with Crippen molar-refractivity contribution in [1.29, 1.82) is 0 Å². The molecule has 0 aliphatic carbocycles. The van der Waals surface area contributed by atoms with Gasteiger partial charge in [0.1, 0.15) is 11.2 Å². The fourth-order valence-corrected chi connectivity index (χ4v) is 1.20. The topological polar surface area (TPSA) is 114 Å². The van der Waals surface area contributed by atoms with Crippen molar-refractivity contribution >= 4 is 36.8 Å². The van der Waals surface area contributed by atoms with E-state index < -0.39 is 17.5 Å². The van der Waals surface area contributed by atoms with Crippen LogP contribution in [0.1, 0.15) is 23.0 Å². The van der Waals surface area contributed by atoms with Gasteiger partial charge < -0.3 is 15.9 Å². The zero-order valence-corrected chi connectivity index (χ0v) is 11.1. The molecule has 0 spiro atoms. The maximum absolute atomic E-state index is 10.8. The van der Waals surface area contributed by atoms with E-state index in [4.69, 9.17) is 15.9 Å². The molecule has 1 rings (SSSR count). The van der Waals surface area contributed by atoms with Crippen LogP contribution in [0.2, 0.25) is 0 Å². The van der Waals surface area contributed by atoms with Crippen molar-refractivity contribution in [2.45, 2.75) is 18.9 Å². The molecular weight excluding hydrogens is 283 g/mol. The van der Waals surface area contributed by atoms with Crippen LogP contribution in [0.5, 0.6) is 0 Å². The van der Waals surface area contributed by atoms with Crippen LogP contribution in [0.4, 0.5) is 0 Å². The standard InChI is InChI=1S/C10H12N2O4.2ClH/c1-10(11,9(15)16)5-6-2-3-12-7(4-6)8(13)14;;/h2-4H,5,11H2,1H3,(H,13,14)(H,15,16);2*1H/t10-;;/m0../s1. The summed E-state index contributed by atoms with van der Waals surface area (Å²) < 4.78 is 0. The van der Waals surface area contributed by atoms with Crippen LogP contribution in [0.15, 0.2) is 18.3 Å². The Labute approximate surface area is 116 Å². The minimum absolute atomic E-state index is 0. The highest BCUT2D eigenvalue weighted by Gasteiger charge is 2.28. The Hall–Kier alpha value is -1.37. The highest BCUT2D eigenvalue weighted by atomic mass is 35.5. The summed E-state index contributed by atoms with van der Waals surface area (Å²) in [5.41, 5.74) is 4.53. The Balaban J connectivity index is 0. The highest BCUT2D eigenvalue weighted by molar-refractivity contribution is 5.86. The number of rotatable bonds is 4. The number of carboxylic acid groups (broad SMARTS) is 2. The Morgan fingerprint density at radius 2 is 1.94 bits per heavy atom. The second-order valence-electron chi connectivity index (χ2n) is 3.75. The third-order valence-electron chi connectivity index (χ3n) is 2.10. The van der Waals surface area contributed by atoms with Crippen LogP contribution < -0.4 is 5.73 Å². The smallest absolute Gasteiger partial charge is 0.354 e. The molecule has 0 saturated carbocycles. The van der Waals surface area contributed by atoms with Crippen molar-refractivity contribution in [1.82, 2.24) is 4.98 Å². The Morgan fingerprint density at radius 1 is 1.39 bits per heavy atom. The van der Waals surface area contributed by atoms with Gasteiger partial charge in [0.2, 0.25) is 0 Å². The van der Waals surface area contributed by atoms with Gasteiger partial charge in [0.25, 0.3) is 0 Å². The lowest BCUT2D eigenvalue weighted by atomic mass is 9.94. The first kappa shape index (κ1) is 19.0. The van der Waals surface area contributed by atoms with Gasteiger partial charge in [-0.15, -0.1) is 24.8 Å². The van der Waals surface area contributed by atoms with Crippen LogP contribution in [0.3, 0.4) is 0 Å². The van der Waals surface area contributed by atoms with Gasteiger partial charge in [0.15, 0.2) is 0 Å². The van der Waals surface area contributed by atoms with Crippen molar-refractivity contribution in [2.75, 3.05) is 0 Å². The van der Waals surface area contributed by atoms with Crippen LogP contribution in [0.25, 0.3) is 0 Å². The number of pyridine rings is 1. The number of aliphatic carboxylic acids is 1. The van der Waals surface area contributed by atoms with Crippen LogP contribution in [-0.2, 0) is 11.2 Å². The minimum atomic E-state index is -1.42. The van der Waals surface area contributed by atoms with Crippen LogP contribution in [0, 0.1) is 0 Å². The maximum Gasteiger partial charge on any atom is 0.354 e. The predicted octanol–water partition coefficient (Wildman–Crippen LogP) is 0.968. The number of aromatic carboxylic acids is 1. The second kappa shape index (κ2) is 7.15. The van der Waals surface area contributed by atoms with Gasteiger partial charge in [0.05, 0.1) is 0 Å². The van der Waals surface area contributed by atoms with E-state index >= 15 is 0 Å². The van der Waals surface area contributed by atoms with E-state index in [0.29, 0.717) is 5.56 Å². The number of carboxylic acids is 2. The van der Waals surface area contributed by atoms with E-state index in [2.05, 4.69) is 4.98 Å². The molecule has 102 valence electrons. The summed E-state index contributed by atoms with van der Waals surface area (Å²) in [6, 6.07) is 2.86. The third-order valence-corrected chi connectivity index (χ3v) is 2.10. The van der Waals surface area contributed by atoms with Gasteiger partial charge >= 0.3 is 11.9 Å². The summed E-state index contributed by atoms with van der Waals surface area (Å²) in [5.74, 6) is -2.29. The van der Waals surface area contributed by atoms with E-state index in [-0.39, 0.29) is 36.9 Å². The number of hydrogen-bond acceptors (Lipinski definition) is 4. The molecule has 1 atom stereocenters. The van der Waals surface area contributed by atoms with Gasteiger partial charge in [-0.3, -0.25) is 4.79 Å². The molecule has 18 heavy (non-hydrogen) atoms. The van der Waals surface area contributed by atoms with Crippen molar-refractivity contribution in [3.8, 4) is 0 Å². The van der Waals surface area contributed by atoms with E-state index in [1.54, 1.807) is 6.07 Å². The van der Waals surface area contributed by atoms with Crippen molar-refractivity contribution in [2.24, 2.45) is 5.73 Å². The van der Waals surface area contributed by atoms with Gasteiger partial charge in [-0.05, 0) is 24.6 Å². The van der Waals surface area contributed by atoms with Gasteiger partial charge in [0, 0.05) is 12.6 Å². The molecule has 8 heteroatoms. The second-order valence-corrected chi connectivity index (χ2v) is 3.75. The van der Waals surface area contributed by atoms with E-state index in [1.165, 1.54) is 19.2 Å². The number of carbonyl (C=O) groups is 2. The van der Waals surface area contributed by atoms with Crippen molar-refractivity contribution in [3.05, 3.63) is 29.6 Å². The van der Waals surface area contributed by atoms with Gasteiger partial charge in [-0.25, -0.2) is 9.78 Å². The molecule has 1 aromatic rings. The van der Waals surface area contributed by atoms with Crippen LogP contribution in [-0.4, -0.2) is 32.7 Å².